The van der Waals surface area contributed by atoms with E-state index in [9.17, 15) is 4.79 Å². The third-order valence-corrected chi connectivity index (χ3v) is 6.24. The summed E-state index contributed by atoms with van der Waals surface area (Å²) in [5.41, 5.74) is 1.98. The Morgan fingerprint density at radius 2 is 2.10 bits per heavy atom. The molecular weight excluding hydrogens is 416 g/mol. The Morgan fingerprint density at radius 3 is 2.71 bits per heavy atom. The van der Waals surface area contributed by atoms with Crippen LogP contribution in [0.15, 0.2) is 38.6 Å². The first-order chi connectivity index (χ1) is 9.95. The van der Waals surface area contributed by atoms with Crippen molar-refractivity contribution in [2.45, 2.75) is 26.4 Å². The zero-order valence-corrected chi connectivity index (χ0v) is 15.7. The molecule has 2 aromatic rings. The van der Waals surface area contributed by atoms with Gasteiger partial charge in [0.1, 0.15) is 0 Å². The second-order valence-corrected chi connectivity index (χ2v) is 8.05. The van der Waals surface area contributed by atoms with Crippen LogP contribution in [-0.4, -0.2) is 5.91 Å². The van der Waals surface area contributed by atoms with E-state index in [1.165, 1.54) is 11.8 Å². The Balaban J connectivity index is 1.99. The van der Waals surface area contributed by atoms with Crippen molar-refractivity contribution in [2.24, 2.45) is 0 Å². The Labute approximate surface area is 145 Å². The molecule has 0 saturated heterocycles. The molecule has 2 rings (SSSR count). The van der Waals surface area contributed by atoms with Crippen LogP contribution in [0.2, 0.25) is 0 Å². The lowest BCUT2D eigenvalue weighted by atomic mass is 10.1. The van der Waals surface area contributed by atoms with Crippen LogP contribution < -0.4 is 10.6 Å². The van der Waals surface area contributed by atoms with Gasteiger partial charge in [0.2, 0.25) is 5.91 Å². The van der Waals surface area contributed by atoms with Crippen molar-refractivity contribution in [1.82, 2.24) is 5.32 Å². The molecule has 1 atom stereocenters. The number of halogens is 2. The fourth-order valence-corrected chi connectivity index (χ4v) is 4.07. The van der Waals surface area contributed by atoms with Crippen molar-refractivity contribution in [3.8, 4) is 0 Å². The predicted octanol–water partition coefficient (Wildman–Crippen LogP) is 5.08. The van der Waals surface area contributed by atoms with Crippen molar-refractivity contribution in [3.63, 3.8) is 0 Å². The summed E-state index contributed by atoms with van der Waals surface area (Å²) in [6.07, 6.45) is 0. The van der Waals surface area contributed by atoms with Crippen LogP contribution in [0.4, 0.5) is 5.69 Å². The lowest BCUT2D eigenvalue weighted by Gasteiger charge is -2.15. The average molecular weight is 432 g/mol. The fraction of sp³-hybridized carbons (Fsp3) is 0.267. The summed E-state index contributed by atoms with van der Waals surface area (Å²) in [5.74, 6) is -0.0546. The highest BCUT2D eigenvalue weighted by molar-refractivity contribution is 9.13. The van der Waals surface area contributed by atoms with E-state index < -0.39 is 0 Å². The maximum Gasteiger partial charge on any atom is 0.221 e. The van der Waals surface area contributed by atoms with Gasteiger partial charge in [0.05, 0.1) is 3.79 Å². The number of amides is 1. The maximum atomic E-state index is 11.1. The molecule has 0 aliphatic rings. The van der Waals surface area contributed by atoms with Crippen LogP contribution in [0.5, 0.6) is 0 Å². The Kier molecular flexibility index (Phi) is 5.98. The molecule has 1 heterocycles. The predicted molar refractivity (Wildman–Crippen MR) is 95.7 cm³/mol. The minimum absolute atomic E-state index is 0.0546. The van der Waals surface area contributed by atoms with E-state index in [1.54, 1.807) is 11.3 Å². The summed E-state index contributed by atoms with van der Waals surface area (Å²) >= 11 is 8.71. The van der Waals surface area contributed by atoms with Gasteiger partial charge in [-0.25, -0.2) is 0 Å². The van der Waals surface area contributed by atoms with Gasteiger partial charge in [-0.1, -0.05) is 12.1 Å². The van der Waals surface area contributed by atoms with Crippen molar-refractivity contribution >= 4 is 54.8 Å². The largest absolute Gasteiger partial charge is 0.326 e. The molecule has 1 amide bonds. The van der Waals surface area contributed by atoms with Gasteiger partial charge in [0, 0.05) is 34.5 Å². The summed E-state index contributed by atoms with van der Waals surface area (Å²) in [6, 6.07) is 10.2. The number of rotatable bonds is 5. The maximum absolute atomic E-state index is 11.1. The highest BCUT2D eigenvalue weighted by atomic mass is 79.9. The summed E-state index contributed by atoms with van der Waals surface area (Å²) in [6.45, 7) is 4.44. The third-order valence-electron chi connectivity index (χ3n) is 2.99. The molecule has 1 aromatic carbocycles. The van der Waals surface area contributed by atoms with Gasteiger partial charge < -0.3 is 10.6 Å². The molecule has 0 spiro atoms. The van der Waals surface area contributed by atoms with Crippen LogP contribution in [0.3, 0.4) is 0 Å². The molecule has 2 N–H and O–H groups in total. The zero-order chi connectivity index (χ0) is 15.4. The van der Waals surface area contributed by atoms with Gasteiger partial charge >= 0.3 is 0 Å². The molecule has 112 valence electrons. The van der Waals surface area contributed by atoms with Gasteiger partial charge in [0.25, 0.3) is 0 Å². The minimum Gasteiger partial charge on any atom is -0.326 e. The number of hydrogen-bond donors (Lipinski definition) is 2. The van der Waals surface area contributed by atoms with Crippen LogP contribution >= 0.6 is 43.2 Å². The second kappa shape index (κ2) is 7.54. The zero-order valence-electron chi connectivity index (χ0n) is 11.7. The Bertz CT molecular complexity index is 623. The van der Waals surface area contributed by atoms with E-state index in [0.29, 0.717) is 0 Å². The van der Waals surface area contributed by atoms with Gasteiger partial charge in [-0.2, -0.15) is 0 Å². The van der Waals surface area contributed by atoms with E-state index in [4.69, 9.17) is 0 Å². The number of benzene rings is 1. The first-order valence-electron chi connectivity index (χ1n) is 6.50. The standard InChI is InChI=1S/C15H16Br2N2OS/c1-9(18-8-13-7-14(16)15(17)21-13)11-4-3-5-12(6-11)19-10(2)20/h3-7,9,18H,8H2,1-2H3,(H,19,20). The minimum atomic E-state index is -0.0546. The number of nitrogens with one attached hydrogen (secondary N) is 2. The fourth-order valence-electron chi connectivity index (χ4n) is 1.94. The molecule has 21 heavy (non-hydrogen) atoms. The molecule has 3 nitrogen and oxygen atoms in total. The molecule has 0 saturated carbocycles. The van der Waals surface area contributed by atoms with Gasteiger partial charge in [0.15, 0.2) is 0 Å². The highest BCUT2D eigenvalue weighted by Gasteiger charge is 2.08. The molecule has 1 unspecified atom stereocenters. The van der Waals surface area contributed by atoms with Gasteiger partial charge in [-0.15, -0.1) is 11.3 Å². The normalized spacial score (nSPS) is 12.2. The first kappa shape index (κ1) is 16.7. The molecule has 0 radical (unpaired) electrons. The summed E-state index contributed by atoms with van der Waals surface area (Å²) < 4.78 is 2.20. The summed E-state index contributed by atoms with van der Waals surface area (Å²) in [7, 11) is 0. The highest BCUT2D eigenvalue weighted by Crippen LogP contribution is 2.32. The van der Waals surface area contributed by atoms with E-state index >= 15 is 0 Å². The number of hydrogen-bond acceptors (Lipinski definition) is 3. The van der Waals surface area contributed by atoms with Crippen molar-refractivity contribution < 1.29 is 4.79 Å². The Morgan fingerprint density at radius 1 is 1.33 bits per heavy atom. The van der Waals surface area contributed by atoms with Crippen molar-refractivity contribution in [2.75, 3.05) is 5.32 Å². The number of anilines is 1. The second-order valence-electron chi connectivity index (χ2n) is 4.74. The SMILES string of the molecule is CC(=O)Nc1cccc(C(C)NCc2cc(Br)c(Br)s2)c1. The monoisotopic (exact) mass is 430 g/mol. The van der Waals surface area contributed by atoms with E-state index in [1.807, 2.05) is 18.2 Å². The smallest absolute Gasteiger partial charge is 0.221 e. The molecule has 0 fully saturated rings. The van der Waals surface area contributed by atoms with E-state index in [2.05, 4.69) is 61.5 Å². The van der Waals surface area contributed by atoms with Gasteiger partial charge in [-0.05, 0) is 62.5 Å². The molecule has 0 aliphatic heterocycles. The quantitative estimate of drug-likeness (QED) is 0.692. The number of thiophene rings is 1. The summed E-state index contributed by atoms with van der Waals surface area (Å²) in [5, 5.41) is 6.30. The lowest BCUT2D eigenvalue weighted by molar-refractivity contribution is -0.114. The lowest BCUT2D eigenvalue weighted by Crippen LogP contribution is -2.17. The van der Waals surface area contributed by atoms with Crippen molar-refractivity contribution in [3.05, 3.63) is 49.0 Å². The molecular formula is C15H16Br2N2OS. The summed E-state index contributed by atoms with van der Waals surface area (Å²) in [4.78, 5) is 12.4. The van der Waals surface area contributed by atoms with Crippen LogP contribution in [-0.2, 0) is 11.3 Å². The molecule has 6 heteroatoms. The van der Waals surface area contributed by atoms with E-state index in [-0.39, 0.29) is 11.9 Å². The molecule has 0 aliphatic carbocycles. The van der Waals surface area contributed by atoms with Crippen LogP contribution in [0.1, 0.15) is 30.3 Å². The Hall–Kier alpha value is -0.690. The topological polar surface area (TPSA) is 41.1 Å². The van der Waals surface area contributed by atoms with Crippen LogP contribution in [0.25, 0.3) is 0 Å². The van der Waals surface area contributed by atoms with E-state index in [0.717, 1.165) is 26.1 Å². The number of carbonyl (C=O) groups is 1. The van der Waals surface area contributed by atoms with Gasteiger partial charge in [-0.3, -0.25) is 4.79 Å². The molecule has 0 bridgehead atoms. The van der Waals surface area contributed by atoms with Crippen molar-refractivity contribution in [1.29, 1.82) is 0 Å². The first-order valence-corrected chi connectivity index (χ1v) is 8.90. The molecule has 1 aromatic heterocycles. The number of carbonyl (C=O) groups excluding carboxylic acids is 1. The third kappa shape index (κ3) is 4.92. The average Bonchev–Trinajstić information content (AvgIpc) is 2.75. The van der Waals surface area contributed by atoms with Crippen LogP contribution in [0, 0.1) is 0 Å².